The van der Waals surface area contributed by atoms with Crippen molar-refractivity contribution in [2.45, 2.75) is 16.2 Å². The van der Waals surface area contributed by atoms with E-state index in [2.05, 4.69) is 5.32 Å². The monoisotopic (exact) mass is 558 g/mol. The van der Waals surface area contributed by atoms with Crippen LogP contribution in [0.15, 0.2) is 66.7 Å². The molecule has 1 aliphatic heterocycles. The lowest BCUT2D eigenvalue weighted by molar-refractivity contribution is -0.140. The van der Waals surface area contributed by atoms with Gasteiger partial charge in [-0.25, -0.2) is 0 Å². The molecule has 0 spiro atoms. The van der Waals surface area contributed by atoms with Crippen molar-refractivity contribution in [1.82, 2.24) is 4.90 Å². The van der Waals surface area contributed by atoms with Crippen LogP contribution < -0.4 is 5.32 Å². The first-order valence-corrected chi connectivity index (χ1v) is 12.9. The van der Waals surface area contributed by atoms with Crippen molar-refractivity contribution in [2.24, 2.45) is 11.8 Å². The summed E-state index contributed by atoms with van der Waals surface area (Å²) in [5.74, 6) is -3.02. The van der Waals surface area contributed by atoms with Gasteiger partial charge in [0.25, 0.3) is 0 Å². The Kier molecular flexibility index (Phi) is 5.44. The summed E-state index contributed by atoms with van der Waals surface area (Å²) in [6, 6.07) is 19.6. The third-order valence-corrected chi connectivity index (χ3v) is 9.28. The SMILES string of the molecule is O=C(CCN1C(=O)[C@@H]2[C@H](C1=O)C1(Cl)c3ccccc3C2(Cl)c2ccccc21)Nc1ccc(Cl)cc1Cl. The summed E-state index contributed by atoms with van der Waals surface area (Å²) in [6.45, 7) is -0.103. The highest BCUT2D eigenvalue weighted by Crippen LogP contribution is 2.69. The topological polar surface area (TPSA) is 66.5 Å². The Labute approximate surface area is 227 Å². The Morgan fingerprint density at radius 1 is 0.806 bits per heavy atom. The van der Waals surface area contributed by atoms with Crippen LogP contribution in [0.5, 0.6) is 0 Å². The number of carbonyl (C=O) groups is 3. The van der Waals surface area contributed by atoms with Crippen LogP contribution in [0.1, 0.15) is 28.7 Å². The first kappa shape index (κ1) is 23.8. The van der Waals surface area contributed by atoms with E-state index in [0.29, 0.717) is 10.7 Å². The molecule has 36 heavy (non-hydrogen) atoms. The molecular formula is C27H18Cl4N2O3. The number of likely N-dealkylation sites (tertiary alicyclic amines) is 1. The van der Waals surface area contributed by atoms with Crippen molar-refractivity contribution in [1.29, 1.82) is 0 Å². The lowest BCUT2D eigenvalue weighted by atomic mass is 9.54. The van der Waals surface area contributed by atoms with Crippen LogP contribution in [0.2, 0.25) is 10.0 Å². The Balaban J connectivity index is 1.33. The Hall–Kier alpha value is -2.57. The highest BCUT2D eigenvalue weighted by molar-refractivity contribution is 6.37. The molecule has 7 rings (SSSR count). The second-order valence-corrected chi connectivity index (χ2v) is 11.3. The number of carbonyl (C=O) groups excluding carboxylic acids is 3. The zero-order chi connectivity index (χ0) is 25.4. The molecule has 3 amide bonds. The molecule has 1 fully saturated rings. The molecule has 1 heterocycles. The number of anilines is 1. The van der Waals surface area contributed by atoms with E-state index >= 15 is 0 Å². The van der Waals surface area contributed by atoms with Gasteiger partial charge in [0.2, 0.25) is 17.7 Å². The molecule has 3 aromatic carbocycles. The van der Waals surface area contributed by atoms with Gasteiger partial charge in [-0.3, -0.25) is 19.3 Å². The van der Waals surface area contributed by atoms with Crippen molar-refractivity contribution >= 4 is 69.8 Å². The van der Waals surface area contributed by atoms with Crippen molar-refractivity contribution < 1.29 is 14.4 Å². The maximum atomic E-state index is 13.8. The van der Waals surface area contributed by atoms with E-state index in [4.69, 9.17) is 46.4 Å². The second-order valence-electron chi connectivity index (χ2n) is 9.22. The maximum absolute atomic E-state index is 13.8. The van der Waals surface area contributed by atoms with Gasteiger partial charge in [-0.1, -0.05) is 71.7 Å². The van der Waals surface area contributed by atoms with Crippen LogP contribution in [0.3, 0.4) is 0 Å². The van der Waals surface area contributed by atoms with Gasteiger partial charge >= 0.3 is 0 Å². The molecule has 9 heteroatoms. The molecule has 4 aliphatic rings. The van der Waals surface area contributed by atoms with Crippen LogP contribution in [-0.2, 0) is 24.1 Å². The number of alkyl halides is 2. The third-order valence-electron chi connectivity index (χ3n) is 7.44. The highest BCUT2D eigenvalue weighted by Gasteiger charge is 2.72. The van der Waals surface area contributed by atoms with E-state index in [-0.39, 0.29) is 18.0 Å². The third kappa shape index (κ3) is 3.07. The van der Waals surface area contributed by atoms with E-state index in [0.717, 1.165) is 27.2 Å². The largest absolute Gasteiger partial charge is 0.325 e. The van der Waals surface area contributed by atoms with E-state index in [1.807, 2.05) is 48.5 Å². The molecule has 182 valence electrons. The van der Waals surface area contributed by atoms with Gasteiger partial charge in [0.15, 0.2) is 0 Å². The standard InChI is InChI=1S/C27H18Cl4N2O3/c28-14-9-10-20(19(29)13-14)32-21(34)11-12-33-24(35)22-23(25(33)36)27(31)16-6-2-1-5-15(16)26(22,30)17-7-3-4-8-18(17)27/h1-10,13,22-23H,11-12H2,(H,32,34)/t22-,23+,26?,27?. The number of amides is 3. The fourth-order valence-electron chi connectivity index (χ4n) is 5.96. The number of benzene rings is 3. The summed E-state index contributed by atoms with van der Waals surface area (Å²) in [5, 5.41) is 3.42. The molecule has 1 N–H and O–H groups in total. The molecule has 5 nitrogen and oxygen atoms in total. The number of nitrogens with zero attached hydrogens (tertiary/aromatic N) is 1. The average Bonchev–Trinajstić information content (AvgIpc) is 3.13. The van der Waals surface area contributed by atoms with E-state index < -0.39 is 39.3 Å². The Morgan fingerprint density at radius 3 is 1.72 bits per heavy atom. The molecule has 0 saturated carbocycles. The van der Waals surface area contributed by atoms with Crippen molar-refractivity contribution in [3.05, 3.63) is 99.0 Å². The van der Waals surface area contributed by atoms with Gasteiger partial charge in [-0.2, -0.15) is 0 Å². The van der Waals surface area contributed by atoms with Gasteiger partial charge in [-0.05, 0) is 40.5 Å². The molecular weight excluding hydrogens is 542 g/mol. The molecule has 2 bridgehead atoms. The normalized spacial score (nSPS) is 27.5. The Bertz CT molecular complexity index is 1350. The van der Waals surface area contributed by atoms with Crippen LogP contribution in [0.25, 0.3) is 0 Å². The first-order valence-electron chi connectivity index (χ1n) is 11.4. The molecule has 3 aliphatic carbocycles. The highest BCUT2D eigenvalue weighted by atomic mass is 35.5. The minimum Gasteiger partial charge on any atom is -0.325 e. The maximum Gasteiger partial charge on any atom is 0.235 e. The summed E-state index contributed by atoms with van der Waals surface area (Å²) in [5.41, 5.74) is 3.33. The summed E-state index contributed by atoms with van der Waals surface area (Å²) < 4.78 is 0. The number of imide groups is 1. The fourth-order valence-corrected chi connectivity index (χ4v) is 7.52. The average molecular weight is 560 g/mol. The number of hydrogen-bond donors (Lipinski definition) is 1. The number of hydrogen-bond acceptors (Lipinski definition) is 3. The number of nitrogens with one attached hydrogen (secondary N) is 1. The number of halogens is 4. The minimum absolute atomic E-state index is 0.103. The lowest BCUT2D eigenvalue weighted by Gasteiger charge is -2.54. The zero-order valence-corrected chi connectivity index (χ0v) is 21.6. The summed E-state index contributed by atoms with van der Waals surface area (Å²) in [6.07, 6.45) is -0.111. The van der Waals surface area contributed by atoms with Crippen molar-refractivity contribution in [3.8, 4) is 0 Å². The molecule has 0 aromatic heterocycles. The van der Waals surface area contributed by atoms with Crippen LogP contribution in [-0.4, -0.2) is 29.2 Å². The second kappa shape index (κ2) is 8.22. The van der Waals surface area contributed by atoms with Crippen LogP contribution >= 0.6 is 46.4 Å². The summed E-state index contributed by atoms with van der Waals surface area (Å²) in [7, 11) is 0. The summed E-state index contributed by atoms with van der Waals surface area (Å²) >= 11 is 26.8. The van der Waals surface area contributed by atoms with Crippen LogP contribution in [0, 0.1) is 11.8 Å². The predicted octanol–water partition coefficient (Wildman–Crippen LogP) is 5.92. The lowest BCUT2D eigenvalue weighted by Crippen LogP contribution is -2.57. The first-order chi connectivity index (χ1) is 17.2. The molecule has 0 unspecified atom stereocenters. The van der Waals surface area contributed by atoms with E-state index in [9.17, 15) is 14.4 Å². The Morgan fingerprint density at radius 2 is 1.28 bits per heavy atom. The molecule has 1 saturated heterocycles. The van der Waals surface area contributed by atoms with Gasteiger partial charge in [0, 0.05) is 18.0 Å². The van der Waals surface area contributed by atoms with Crippen molar-refractivity contribution in [3.63, 3.8) is 0 Å². The van der Waals surface area contributed by atoms with Gasteiger partial charge in [0.1, 0.15) is 9.75 Å². The predicted molar refractivity (Wildman–Crippen MR) is 140 cm³/mol. The number of rotatable bonds is 4. The fraction of sp³-hybridized carbons (Fsp3) is 0.222. The molecule has 2 atom stereocenters. The zero-order valence-electron chi connectivity index (χ0n) is 18.6. The van der Waals surface area contributed by atoms with Gasteiger partial charge in [-0.15, -0.1) is 23.2 Å². The van der Waals surface area contributed by atoms with Gasteiger partial charge < -0.3 is 5.32 Å². The van der Waals surface area contributed by atoms with E-state index in [1.54, 1.807) is 12.1 Å². The molecule has 3 aromatic rings. The quantitative estimate of drug-likeness (QED) is 0.319. The van der Waals surface area contributed by atoms with Crippen molar-refractivity contribution in [2.75, 3.05) is 11.9 Å². The smallest absolute Gasteiger partial charge is 0.235 e. The molecule has 0 radical (unpaired) electrons. The van der Waals surface area contributed by atoms with Crippen LogP contribution in [0.4, 0.5) is 5.69 Å². The van der Waals surface area contributed by atoms with E-state index in [1.165, 1.54) is 6.07 Å². The summed E-state index contributed by atoms with van der Waals surface area (Å²) in [4.78, 5) is 38.8. The minimum atomic E-state index is -1.24. The van der Waals surface area contributed by atoms with Gasteiger partial charge in [0.05, 0.1) is 22.5 Å².